The minimum Gasteiger partial charge on any atom is -0.469 e. The van der Waals surface area contributed by atoms with Crippen molar-refractivity contribution in [3.63, 3.8) is 0 Å². The number of hydrogen-bond donors (Lipinski definition) is 0. The Hall–Kier alpha value is -1.87. The summed E-state index contributed by atoms with van der Waals surface area (Å²) in [5, 5.41) is 9.68. The van der Waals surface area contributed by atoms with E-state index in [1.807, 2.05) is 0 Å². The first-order chi connectivity index (χ1) is 10.8. The van der Waals surface area contributed by atoms with Gasteiger partial charge < -0.3 is 4.74 Å². The number of unbranched alkanes of at least 4 members (excludes halogenated alkanes) is 1. The highest BCUT2D eigenvalue weighted by atomic mass is 32.2. The Bertz CT molecular complexity index is 662. The van der Waals surface area contributed by atoms with E-state index in [0.717, 1.165) is 0 Å². The Balaban J connectivity index is 3.04. The Morgan fingerprint density at radius 2 is 1.87 bits per heavy atom. The van der Waals surface area contributed by atoms with Gasteiger partial charge in [-0.2, -0.15) is 5.26 Å². The van der Waals surface area contributed by atoms with Crippen LogP contribution in [0.3, 0.4) is 0 Å². The topological polar surface area (TPSA) is 84.2 Å². The summed E-state index contributed by atoms with van der Waals surface area (Å²) >= 11 is 0. The van der Waals surface area contributed by atoms with Crippen molar-refractivity contribution in [1.29, 1.82) is 5.26 Å². The molecular formula is C17H23NO4S. The van der Waals surface area contributed by atoms with Gasteiger partial charge in [0.05, 0.1) is 18.1 Å². The maximum absolute atomic E-state index is 13.0. The van der Waals surface area contributed by atoms with Crippen LogP contribution in [0.1, 0.15) is 39.5 Å². The van der Waals surface area contributed by atoms with Crippen LogP contribution in [0, 0.1) is 17.2 Å². The van der Waals surface area contributed by atoms with Crippen LogP contribution in [0.5, 0.6) is 0 Å². The molecule has 0 radical (unpaired) electrons. The van der Waals surface area contributed by atoms with Crippen LogP contribution in [-0.4, -0.2) is 26.2 Å². The summed E-state index contributed by atoms with van der Waals surface area (Å²) in [7, 11) is -2.48. The molecule has 0 amide bonds. The van der Waals surface area contributed by atoms with Gasteiger partial charge in [0.25, 0.3) is 0 Å². The number of esters is 1. The van der Waals surface area contributed by atoms with Crippen molar-refractivity contribution >= 4 is 15.8 Å². The smallest absolute Gasteiger partial charge is 0.305 e. The predicted molar refractivity (Wildman–Crippen MR) is 87.3 cm³/mol. The lowest BCUT2D eigenvalue weighted by atomic mass is 9.90. The predicted octanol–water partition coefficient (Wildman–Crippen LogP) is 3.11. The molecule has 5 nitrogen and oxygen atoms in total. The Labute approximate surface area is 138 Å². The Kier molecular flexibility index (Phi) is 6.77. The highest BCUT2D eigenvalue weighted by molar-refractivity contribution is 7.93. The monoisotopic (exact) mass is 337 g/mol. The summed E-state index contributed by atoms with van der Waals surface area (Å²) in [5.74, 6) is -0.696. The van der Waals surface area contributed by atoms with Crippen LogP contribution in [0.2, 0.25) is 0 Å². The van der Waals surface area contributed by atoms with Gasteiger partial charge in [0.1, 0.15) is 0 Å². The lowest BCUT2D eigenvalue weighted by Crippen LogP contribution is -2.42. The van der Waals surface area contributed by atoms with Gasteiger partial charge in [-0.05, 0) is 30.9 Å². The van der Waals surface area contributed by atoms with Gasteiger partial charge in [0.2, 0.25) is 0 Å². The molecule has 0 fully saturated rings. The Morgan fingerprint density at radius 1 is 1.26 bits per heavy atom. The third kappa shape index (κ3) is 4.11. The molecule has 0 aliphatic rings. The van der Waals surface area contributed by atoms with Crippen LogP contribution < -0.4 is 0 Å². The Morgan fingerprint density at radius 3 is 2.35 bits per heavy atom. The summed E-state index contributed by atoms with van der Waals surface area (Å²) in [6.45, 7) is 3.48. The van der Waals surface area contributed by atoms with Crippen LogP contribution >= 0.6 is 0 Å². The first kappa shape index (κ1) is 19.2. The van der Waals surface area contributed by atoms with E-state index in [1.165, 1.54) is 19.2 Å². The van der Waals surface area contributed by atoms with Gasteiger partial charge in [-0.15, -0.1) is 0 Å². The maximum atomic E-state index is 13.0. The molecule has 0 N–H and O–H groups in total. The largest absolute Gasteiger partial charge is 0.469 e. The zero-order valence-corrected chi connectivity index (χ0v) is 14.6. The normalized spacial score (nSPS) is 14.0. The molecule has 1 atom stereocenters. The SMILES string of the molecule is COC(=O)CCCCC(C#N)(C(C)C)S(=O)(=O)c1ccccc1. The number of carbonyl (C=O) groups is 1. The average Bonchev–Trinajstić information content (AvgIpc) is 2.55. The first-order valence-electron chi connectivity index (χ1n) is 7.59. The number of nitriles is 1. The first-order valence-corrected chi connectivity index (χ1v) is 9.08. The van der Waals surface area contributed by atoms with Gasteiger partial charge in [0, 0.05) is 6.42 Å². The fourth-order valence-corrected chi connectivity index (χ4v) is 4.64. The third-order valence-electron chi connectivity index (χ3n) is 4.06. The summed E-state index contributed by atoms with van der Waals surface area (Å²) in [6, 6.07) is 10.1. The molecule has 0 bridgehead atoms. The second kappa shape index (κ2) is 8.11. The lowest BCUT2D eigenvalue weighted by Gasteiger charge is -2.30. The number of ether oxygens (including phenoxy) is 1. The van der Waals surface area contributed by atoms with E-state index in [1.54, 1.807) is 32.0 Å². The van der Waals surface area contributed by atoms with E-state index < -0.39 is 14.6 Å². The number of hydrogen-bond acceptors (Lipinski definition) is 5. The molecule has 0 saturated carbocycles. The fourth-order valence-electron chi connectivity index (χ4n) is 2.55. The molecule has 23 heavy (non-hydrogen) atoms. The zero-order chi connectivity index (χ0) is 17.5. The van der Waals surface area contributed by atoms with Crippen molar-refractivity contribution in [2.45, 2.75) is 49.2 Å². The molecule has 0 aliphatic heterocycles. The van der Waals surface area contributed by atoms with Crippen molar-refractivity contribution in [1.82, 2.24) is 0 Å². The van der Waals surface area contributed by atoms with Gasteiger partial charge in [-0.3, -0.25) is 4.79 Å². The van der Waals surface area contributed by atoms with E-state index in [0.29, 0.717) is 12.8 Å². The van der Waals surface area contributed by atoms with Crippen LogP contribution in [0.4, 0.5) is 0 Å². The van der Waals surface area contributed by atoms with E-state index in [9.17, 15) is 18.5 Å². The van der Waals surface area contributed by atoms with Crippen LogP contribution in [0.25, 0.3) is 0 Å². The number of rotatable bonds is 8. The molecule has 1 unspecified atom stereocenters. The van der Waals surface area contributed by atoms with Gasteiger partial charge in [-0.25, -0.2) is 8.42 Å². The molecular weight excluding hydrogens is 314 g/mol. The van der Waals surface area contributed by atoms with Crippen molar-refractivity contribution < 1.29 is 17.9 Å². The van der Waals surface area contributed by atoms with E-state index in [4.69, 9.17) is 0 Å². The zero-order valence-electron chi connectivity index (χ0n) is 13.8. The van der Waals surface area contributed by atoms with Crippen molar-refractivity contribution in [3.05, 3.63) is 30.3 Å². The molecule has 1 rings (SSSR count). The summed E-state index contributed by atoms with van der Waals surface area (Å²) in [4.78, 5) is 11.3. The quantitative estimate of drug-likeness (QED) is 0.537. The second-order valence-electron chi connectivity index (χ2n) is 5.76. The number of carbonyl (C=O) groups excluding carboxylic acids is 1. The standard InChI is InChI=1S/C17H23NO4S/c1-14(2)17(13-18,12-8-7-11-16(19)22-3)23(20,21)15-9-5-4-6-10-15/h4-6,9-10,14H,7-8,11-12H2,1-3H3. The summed E-state index contributed by atoms with van der Waals surface area (Å²) in [6.07, 6.45) is 1.37. The molecule has 0 heterocycles. The average molecular weight is 337 g/mol. The maximum Gasteiger partial charge on any atom is 0.305 e. The fraction of sp³-hybridized carbons (Fsp3) is 0.529. The molecule has 1 aromatic carbocycles. The molecule has 0 saturated heterocycles. The summed E-state index contributed by atoms with van der Waals surface area (Å²) < 4.78 is 29.1. The van der Waals surface area contributed by atoms with E-state index in [-0.39, 0.29) is 29.6 Å². The molecule has 1 aromatic rings. The highest BCUT2D eigenvalue weighted by Gasteiger charge is 2.47. The van der Waals surface area contributed by atoms with Crippen molar-refractivity contribution in [2.75, 3.05) is 7.11 Å². The van der Waals surface area contributed by atoms with Crippen molar-refractivity contribution in [2.24, 2.45) is 5.92 Å². The number of methoxy groups -OCH3 is 1. The van der Waals surface area contributed by atoms with Crippen molar-refractivity contribution in [3.8, 4) is 6.07 Å². The van der Waals surface area contributed by atoms with Crippen LogP contribution in [0.15, 0.2) is 35.2 Å². The van der Waals surface area contributed by atoms with Gasteiger partial charge >= 0.3 is 5.97 Å². The van der Waals surface area contributed by atoms with Crippen LogP contribution in [-0.2, 0) is 19.4 Å². The van der Waals surface area contributed by atoms with E-state index in [2.05, 4.69) is 10.8 Å². The number of benzene rings is 1. The number of nitrogens with zero attached hydrogens (tertiary/aromatic N) is 1. The van der Waals surface area contributed by atoms with E-state index >= 15 is 0 Å². The van der Waals surface area contributed by atoms with Gasteiger partial charge in [0.15, 0.2) is 14.6 Å². The minimum absolute atomic E-state index is 0.156. The number of sulfone groups is 1. The molecule has 0 spiro atoms. The van der Waals surface area contributed by atoms with Gasteiger partial charge in [-0.1, -0.05) is 38.5 Å². The molecule has 0 aromatic heterocycles. The summed E-state index contributed by atoms with van der Waals surface area (Å²) in [5.41, 5.74) is 0. The second-order valence-corrected chi connectivity index (χ2v) is 7.96. The molecule has 126 valence electrons. The molecule has 6 heteroatoms. The lowest BCUT2D eigenvalue weighted by molar-refractivity contribution is -0.140. The highest BCUT2D eigenvalue weighted by Crippen LogP contribution is 2.36. The minimum atomic E-state index is -3.80. The molecule has 0 aliphatic carbocycles. The third-order valence-corrected chi connectivity index (χ3v) is 6.68.